The highest BCUT2D eigenvalue weighted by Gasteiger charge is 2.08. The van der Waals surface area contributed by atoms with Crippen molar-refractivity contribution in [2.45, 2.75) is 10.9 Å². The van der Waals surface area contributed by atoms with Crippen LogP contribution in [0.3, 0.4) is 0 Å². The summed E-state index contributed by atoms with van der Waals surface area (Å²) in [6, 6.07) is 8.06. The first-order valence-electron chi connectivity index (χ1n) is 4.75. The highest BCUT2D eigenvalue weighted by Crippen LogP contribution is 2.22. The number of benzene rings is 1. The van der Waals surface area contributed by atoms with Crippen molar-refractivity contribution in [2.24, 2.45) is 5.84 Å². The van der Waals surface area contributed by atoms with Crippen LogP contribution in [0.4, 0.5) is 5.95 Å². The zero-order valence-electron chi connectivity index (χ0n) is 8.80. The van der Waals surface area contributed by atoms with Crippen LogP contribution in [0, 0.1) is 0 Å². The molecule has 0 saturated carbocycles. The molecule has 2 rings (SSSR count). The molecule has 0 fully saturated rings. The van der Waals surface area contributed by atoms with Crippen LogP contribution in [0.2, 0.25) is 0 Å². The maximum Gasteiger partial charge on any atom is 0.258 e. The summed E-state index contributed by atoms with van der Waals surface area (Å²) in [6.07, 6.45) is 0. The minimum absolute atomic E-state index is 0.335. The van der Waals surface area contributed by atoms with Gasteiger partial charge in [0.25, 0.3) is 5.95 Å². The first-order chi connectivity index (χ1) is 8.20. The molecule has 1 aromatic carbocycles. The molecule has 5 N–H and O–H groups in total. The Morgan fingerprint density at radius 3 is 2.88 bits per heavy atom. The van der Waals surface area contributed by atoms with Gasteiger partial charge in [-0.15, -0.1) is 10.2 Å². The highest BCUT2D eigenvalue weighted by atomic mass is 79.9. The lowest BCUT2D eigenvalue weighted by Crippen LogP contribution is -2.18. The number of hydrogen-bond acceptors (Lipinski definition) is 6. The van der Waals surface area contributed by atoms with E-state index in [0.717, 1.165) is 10.2 Å². The zero-order chi connectivity index (χ0) is 12.3. The molecule has 1 aromatic heterocycles. The van der Waals surface area contributed by atoms with Crippen LogP contribution in [0.25, 0.3) is 0 Å². The predicted molar refractivity (Wildman–Crippen MR) is 71.7 cm³/mol. The lowest BCUT2D eigenvalue weighted by Gasteiger charge is -2.03. The van der Waals surface area contributed by atoms with E-state index in [0.29, 0.717) is 11.1 Å². The number of rotatable bonds is 4. The van der Waals surface area contributed by atoms with Crippen molar-refractivity contribution in [1.82, 2.24) is 14.9 Å². The zero-order valence-corrected chi connectivity index (χ0v) is 11.2. The molecule has 0 saturated heterocycles. The molecule has 90 valence electrons. The Kier molecular flexibility index (Phi) is 3.87. The van der Waals surface area contributed by atoms with E-state index in [4.69, 9.17) is 11.7 Å². The third kappa shape index (κ3) is 2.90. The monoisotopic (exact) mass is 314 g/mol. The molecular formula is C9H11BrN6S. The maximum absolute atomic E-state index is 5.73. The van der Waals surface area contributed by atoms with E-state index in [-0.39, 0.29) is 0 Å². The van der Waals surface area contributed by atoms with Gasteiger partial charge in [-0.1, -0.05) is 39.8 Å². The second-order valence-corrected chi connectivity index (χ2v) is 5.10. The summed E-state index contributed by atoms with van der Waals surface area (Å²) in [4.78, 5) is 0. The number of halogens is 1. The van der Waals surface area contributed by atoms with E-state index >= 15 is 0 Å². The molecule has 0 aliphatic rings. The Hall–Kier alpha value is -1.25. The van der Waals surface area contributed by atoms with Crippen molar-refractivity contribution in [2.75, 3.05) is 11.3 Å². The van der Waals surface area contributed by atoms with Crippen molar-refractivity contribution in [3.63, 3.8) is 0 Å². The van der Waals surface area contributed by atoms with Crippen molar-refractivity contribution in [3.8, 4) is 0 Å². The summed E-state index contributed by atoms with van der Waals surface area (Å²) in [5.74, 6) is 12.0. The van der Waals surface area contributed by atoms with Crippen molar-refractivity contribution in [1.29, 1.82) is 0 Å². The Balaban J connectivity index is 2.05. The molecule has 0 spiro atoms. The highest BCUT2D eigenvalue weighted by molar-refractivity contribution is 9.10. The van der Waals surface area contributed by atoms with Crippen molar-refractivity contribution >= 4 is 33.6 Å². The van der Waals surface area contributed by atoms with Gasteiger partial charge in [0.2, 0.25) is 5.16 Å². The van der Waals surface area contributed by atoms with Gasteiger partial charge in [-0.3, -0.25) is 5.43 Å². The third-order valence-corrected chi connectivity index (χ3v) is 3.56. The SMILES string of the molecule is NNc1nnc(SCc2cccc(Br)c2)n1N. The number of thioether (sulfide) groups is 1. The molecule has 17 heavy (non-hydrogen) atoms. The van der Waals surface area contributed by atoms with Gasteiger partial charge < -0.3 is 5.84 Å². The van der Waals surface area contributed by atoms with Gasteiger partial charge in [-0.2, -0.15) is 0 Å². The van der Waals surface area contributed by atoms with Gasteiger partial charge in [0.05, 0.1) is 0 Å². The number of nitrogens with two attached hydrogens (primary N) is 2. The van der Waals surface area contributed by atoms with E-state index in [2.05, 4.69) is 31.6 Å². The smallest absolute Gasteiger partial charge is 0.258 e. The van der Waals surface area contributed by atoms with Gasteiger partial charge >= 0.3 is 0 Å². The molecule has 0 unspecified atom stereocenters. The van der Waals surface area contributed by atoms with Crippen molar-refractivity contribution < 1.29 is 0 Å². The molecule has 0 aliphatic heterocycles. The van der Waals surface area contributed by atoms with E-state index in [9.17, 15) is 0 Å². The number of nitrogens with one attached hydrogen (secondary N) is 1. The van der Waals surface area contributed by atoms with Crippen LogP contribution in [0.5, 0.6) is 0 Å². The first-order valence-corrected chi connectivity index (χ1v) is 6.53. The van der Waals surface area contributed by atoms with Crippen LogP contribution < -0.4 is 17.1 Å². The molecule has 0 radical (unpaired) electrons. The Bertz CT molecular complexity index is 514. The quantitative estimate of drug-likeness (QED) is 0.448. The van der Waals surface area contributed by atoms with Crippen LogP contribution >= 0.6 is 27.7 Å². The van der Waals surface area contributed by atoms with Crippen molar-refractivity contribution in [3.05, 3.63) is 34.3 Å². The number of nitrogens with zero attached hydrogens (tertiary/aromatic N) is 3. The summed E-state index contributed by atoms with van der Waals surface area (Å²) in [5, 5.41) is 8.32. The van der Waals surface area contributed by atoms with E-state index in [1.807, 2.05) is 24.3 Å². The van der Waals surface area contributed by atoms with E-state index < -0.39 is 0 Å². The normalized spacial score (nSPS) is 10.5. The predicted octanol–water partition coefficient (Wildman–Crippen LogP) is 1.33. The van der Waals surface area contributed by atoms with Gasteiger partial charge in [0.1, 0.15) is 0 Å². The molecule has 8 heteroatoms. The van der Waals surface area contributed by atoms with Crippen LogP contribution in [0.1, 0.15) is 5.56 Å². The molecular weight excluding hydrogens is 304 g/mol. The van der Waals surface area contributed by atoms with Crippen LogP contribution in [0.15, 0.2) is 33.9 Å². The standard InChI is InChI=1S/C9H11BrN6S/c10-7-3-1-2-6(4-7)5-17-9-15-14-8(13-11)16(9)12/h1-4H,5,11-12H2,(H,13,14). The molecule has 2 aromatic rings. The first kappa shape index (κ1) is 12.2. The Labute approximate surface area is 111 Å². The maximum atomic E-state index is 5.73. The number of hydrogen-bond donors (Lipinski definition) is 3. The number of hydrazine groups is 1. The molecule has 0 amide bonds. The summed E-state index contributed by atoms with van der Waals surface area (Å²) in [7, 11) is 0. The lowest BCUT2D eigenvalue weighted by molar-refractivity contribution is 0.846. The topological polar surface area (TPSA) is 94.8 Å². The minimum Gasteiger partial charge on any atom is -0.334 e. The number of aromatic nitrogens is 3. The summed E-state index contributed by atoms with van der Waals surface area (Å²) in [6.45, 7) is 0. The molecule has 6 nitrogen and oxygen atoms in total. The second-order valence-electron chi connectivity index (χ2n) is 3.24. The number of nitrogen functional groups attached to an aromatic ring is 2. The fraction of sp³-hybridized carbons (Fsp3) is 0.111. The summed E-state index contributed by atoms with van der Waals surface area (Å²) in [5.41, 5.74) is 3.54. The van der Waals surface area contributed by atoms with E-state index in [1.54, 1.807) is 0 Å². The second kappa shape index (κ2) is 5.39. The molecule has 0 atom stereocenters. The fourth-order valence-corrected chi connectivity index (χ4v) is 2.49. The Morgan fingerprint density at radius 1 is 1.41 bits per heavy atom. The fourth-order valence-electron chi connectivity index (χ4n) is 1.25. The van der Waals surface area contributed by atoms with Crippen LogP contribution in [-0.4, -0.2) is 14.9 Å². The number of anilines is 1. The largest absolute Gasteiger partial charge is 0.334 e. The summed E-state index contributed by atoms with van der Waals surface area (Å²) < 4.78 is 2.37. The van der Waals surface area contributed by atoms with Gasteiger partial charge in [-0.05, 0) is 17.7 Å². The molecule has 0 aliphatic carbocycles. The molecule has 0 bridgehead atoms. The minimum atomic E-state index is 0.335. The van der Waals surface area contributed by atoms with E-state index in [1.165, 1.54) is 22.0 Å². The summed E-state index contributed by atoms with van der Waals surface area (Å²) >= 11 is 4.92. The van der Waals surface area contributed by atoms with Crippen LogP contribution in [-0.2, 0) is 5.75 Å². The third-order valence-electron chi connectivity index (χ3n) is 2.05. The van der Waals surface area contributed by atoms with Gasteiger partial charge in [0.15, 0.2) is 0 Å². The average molecular weight is 315 g/mol. The van der Waals surface area contributed by atoms with Gasteiger partial charge in [-0.25, -0.2) is 10.5 Å². The molecule has 1 heterocycles. The van der Waals surface area contributed by atoms with Gasteiger partial charge in [0, 0.05) is 10.2 Å². The Morgan fingerprint density at radius 2 is 2.24 bits per heavy atom. The average Bonchev–Trinajstić information content (AvgIpc) is 2.67. The lowest BCUT2D eigenvalue weighted by atomic mass is 10.2.